The van der Waals surface area contributed by atoms with Gasteiger partial charge in [-0.25, -0.2) is 0 Å². The van der Waals surface area contributed by atoms with Crippen LogP contribution in [0.3, 0.4) is 0 Å². The number of ether oxygens (including phenoxy) is 1. The van der Waals surface area contributed by atoms with E-state index in [4.69, 9.17) is 4.74 Å². The maximum Gasteiger partial charge on any atom is 0.321 e. The monoisotopic (exact) mass is 208 g/mol. The molecule has 2 bridgehead atoms. The fourth-order valence-electron chi connectivity index (χ4n) is 4.56. The Morgan fingerprint density at radius 3 is 2.80 bits per heavy atom. The summed E-state index contributed by atoms with van der Waals surface area (Å²) in [5, 5.41) is 0. The van der Waals surface area contributed by atoms with E-state index in [2.05, 4.69) is 6.92 Å². The van der Waals surface area contributed by atoms with Gasteiger partial charge in [0.15, 0.2) is 0 Å². The Bertz CT molecular complexity index is 362. The molecule has 1 saturated heterocycles. The lowest BCUT2D eigenvalue weighted by atomic mass is 9.58. The number of rotatable bonds is 1. The quantitative estimate of drug-likeness (QED) is 0.488. The summed E-state index contributed by atoms with van der Waals surface area (Å²) in [5.41, 5.74) is -0.465. The molecular formula is C12H16O3. The van der Waals surface area contributed by atoms with Crippen molar-refractivity contribution in [2.75, 3.05) is 0 Å². The highest BCUT2D eigenvalue weighted by Crippen LogP contribution is 2.70. The molecule has 3 rings (SSSR count). The lowest BCUT2D eigenvalue weighted by Gasteiger charge is -2.40. The minimum Gasteiger partial charge on any atom is -0.392 e. The highest BCUT2D eigenvalue weighted by atomic mass is 16.6. The molecule has 4 unspecified atom stereocenters. The van der Waals surface area contributed by atoms with Crippen LogP contribution in [0.1, 0.15) is 39.5 Å². The first-order chi connectivity index (χ1) is 7.05. The van der Waals surface area contributed by atoms with Gasteiger partial charge < -0.3 is 4.74 Å². The lowest BCUT2D eigenvalue weighted by Crippen LogP contribution is -2.44. The van der Waals surface area contributed by atoms with E-state index in [0.717, 1.165) is 25.7 Å². The number of carbonyl (C=O) groups excluding carboxylic acids is 2. The van der Waals surface area contributed by atoms with Gasteiger partial charge >= 0.3 is 11.9 Å². The zero-order valence-electron chi connectivity index (χ0n) is 9.21. The van der Waals surface area contributed by atoms with Crippen LogP contribution in [0.5, 0.6) is 0 Å². The van der Waals surface area contributed by atoms with E-state index < -0.39 is 5.41 Å². The normalized spacial score (nSPS) is 52.1. The van der Waals surface area contributed by atoms with Crippen LogP contribution in [0, 0.1) is 22.7 Å². The molecule has 0 amide bonds. The van der Waals surface area contributed by atoms with Crippen molar-refractivity contribution < 1.29 is 14.3 Å². The Morgan fingerprint density at radius 2 is 2.20 bits per heavy atom. The van der Waals surface area contributed by atoms with Crippen LogP contribution in [0.15, 0.2) is 0 Å². The van der Waals surface area contributed by atoms with E-state index in [9.17, 15) is 9.59 Å². The number of hydrogen-bond donors (Lipinski definition) is 0. The summed E-state index contributed by atoms with van der Waals surface area (Å²) in [7, 11) is 0. The van der Waals surface area contributed by atoms with Crippen molar-refractivity contribution >= 4 is 11.9 Å². The van der Waals surface area contributed by atoms with Crippen LogP contribution in [-0.4, -0.2) is 11.9 Å². The van der Waals surface area contributed by atoms with Crippen LogP contribution < -0.4 is 0 Å². The molecule has 1 aliphatic heterocycles. The maximum atomic E-state index is 12.0. The number of carbonyl (C=O) groups is 2. The van der Waals surface area contributed by atoms with Crippen molar-refractivity contribution in [2.45, 2.75) is 39.5 Å². The second-order valence-corrected chi connectivity index (χ2v) is 5.57. The van der Waals surface area contributed by atoms with Gasteiger partial charge in [-0.15, -0.1) is 0 Å². The largest absolute Gasteiger partial charge is 0.392 e. The third-order valence-corrected chi connectivity index (χ3v) is 5.23. The SMILES string of the molecule is CCC12C(=O)OC(=O)C1C1CCC2(C)C1. The van der Waals surface area contributed by atoms with E-state index in [1.807, 2.05) is 6.92 Å². The number of esters is 2. The Morgan fingerprint density at radius 1 is 1.47 bits per heavy atom. The molecule has 0 radical (unpaired) electrons. The standard InChI is InChI=1S/C12H16O3/c1-3-12-8(9(13)15-10(12)14)7-4-5-11(12,2)6-7/h7-8H,3-6H2,1-2H3. The summed E-state index contributed by atoms with van der Waals surface area (Å²) >= 11 is 0. The molecule has 3 aliphatic rings. The van der Waals surface area contributed by atoms with Gasteiger partial charge in [0.25, 0.3) is 0 Å². The molecule has 0 aromatic carbocycles. The average Bonchev–Trinajstić information content (AvgIpc) is 2.75. The molecule has 3 heteroatoms. The third kappa shape index (κ3) is 0.766. The van der Waals surface area contributed by atoms with Gasteiger partial charge in [-0.2, -0.15) is 0 Å². The summed E-state index contributed by atoms with van der Waals surface area (Å²) in [6.45, 7) is 4.18. The molecule has 82 valence electrons. The summed E-state index contributed by atoms with van der Waals surface area (Å²) in [6.07, 6.45) is 3.94. The number of hydrogen-bond acceptors (Lipinski definition) is 3. The smallest absolute Gasteiger partial charge is 0.321 e. The highest BCUT2D eigenvalue weighted by molar-refractivity contribution is 6.00. The predicted molar refractivity (Wildman–Crippen MR) is 52.8 cm³/mol. The molecule has 0 spiro atoms. The van der Waals surface area contributed by atoms with Crippen LogP contribution in [-0.2, 0) is 14.3 Å². The first kappa shape index (κ1) is 9.37. The van der Waals surface area contributed by atoms with Crippen molar-refractivity contribution in [2.24, 2.45) is 22.7 Å². The van der Waals surface area contributed by atoms with Gasteiger partial charge in [0, 0.05) is 0 Å². The summed E-state index contributed by atoms with van der Waals surface area (Å²) in [4.78, 5) is 23.7. The predicted octanol–water partition coefficient (Wildman–Crippen LogP) is 1.90. The average molecular weight is 208 g/mol. The van der Waals surface area contributed by atoms with Crippen molar-refractivity contribution in [3.8, 4) is 0 Å². The highest BCUT2D eigenvalue weighted by Gasteiger charge is 2.74. The molecule has 15 heavy (non-hydrogen) atoms. The van der Waals surface area contributed by atoms with E-state index >= 15 is 0 Å². The zero-order valence-corrected chi connectivity index (χ0v) is 9.21. The Balaban J connectivity index is 2.18. The molecule has 3 fully saturated rings. The van der Waals surface area contributed by atoms with E-state index in [-0.39, 0.29) is 23.3 Å². The molecule has 0 aromatic rings. The Hall–Kier alpha value is -0.860. The minimum atomic E-state index is -0.479. The van der Waals surface area contributed by atoms with Crippen molar-refractivity contribution in [1.82, 2.24) is 0 Å². The minimum absolute atomic E-state index is 0.0142. The maximum absolute atomic E-state index is 12.0. The van der Waals surface area contributed by atoms with Gasteiger partial charge in [0.05, 0.1) is 11.3 Å². The lowest BCUT2D eigenvalue weighted by molar-refractivity contribution is -0.158. The second kappa shape index (κ2) is 2.45. The third-order valence-electron chi connectivity index (χ3n) is 5.23. The van der Waals surface area contributed by atoms with Gasteiger partial charge in [-0.3, -0.25) is 9.59 Å². The summed E-state index contributed by atoms with van der Waals surface area (Å²) in [6, 6.07) is 0. The topological polar surface area (TPSA) is 43.4 Å². The Labute approximate surface area is 89.2 Å². The van der Waals surface area contributed by atoms with Gasteiger partial charge in [-0.1, -0.05) is 13.8 Å². The van der Waals surface area contributed by atoms with Crippen molar-refractivity contribution in [1.29, 1.82) is 0 Å². The van der Waals surface area contributed by atoms with Crippen LogP contribution >= 0.6 is 0 Å². The fourth-order valence-corrected chi connectivity index (χ4v) is 4.56. The van der Waals surface area contributed by atoms with Crippen molar-refractivity contribution in [3.05, 3.63) is 0 Å². The van der Waals surface area contributed by atoms with Gasteiger partial charge in [0.1, 0.15) is 0 Å². The van der Waals surface area contributed by atoms with E-state index in [1.165, 1.54) is 0 Å². The summed E-state index contributed by atoms with van der Waals surface area (Å²) in [5.74, 6) is -0.234. The second-order valence-electron chi connectivity index (χ2n) is 5.57. The molecule has 2 aliphatic carbocycles. The molecule has 0 aromatic heterocycles. The molecule has 0 N–H and O–H groups in total. The van der Waals surface area contributed by atoms with Gasteiger partial charge in [-0.05, 0) is 37.0 Å². The van der Waals surface area contributed by atoms with E-state index in [1.54, 1.807) is 0 Å². The first-order valence-corrected chi connectivity index (χ1v) is 5.81. The number of fused-ring (bicyclic) bond motifs is 5. The fraction of sp³-hybridized carbons (Fsp3) is 0.833. The summed E-state index contributed by atoms with van der Waals surface area (Å²) < 4.78 is 4.89. The van der Waals surface area contributed by atoms with Crippen LogP contribution in [0.2, 0.25) is 0 Å². The molecular weight excluding hydrogens is 192 g/mol. The van der Waals surface area contributed by atoms with Crippen LogP contribution in [0.25, 0.3) is 0 Å². The molecule has 4 atom stereocenters. The molecule has 1 heterocycles. The van der Waals surface area contributed by atoms with Gasteiger partial charge in [0.2, 0.25) is 0 Å². The van der Waals surface area contributed by atoms with Crippen LogP contribution in [0.4, 0.5) is 0 Å². The zero-order chi connectivity index (χ0) is 10.8. The molecule has 3 nitrogen and oxygen atoms in total. The molecule has 2 saturated carbocycles. The van der Waals surface area contributed by atoms with E-state index in [0.29, 0.717) is 5.92 Å². The first-order valence-electron chi connectivity index (χ1n) is 5.81. The van der Waals surface area contributed by atoms with Crippen molar-refractivity contribution in [3.63, 3.8) is 0 Å². The number of cyclic esters (lactones) is 2. The Kier molecular flexibility index (Phi) is 1.53.